The molecule has 0 spiro atoms. The maximum Gasteiger partial charge on any atom is 0.234 e. The first kappa shape index (κ1) is 15.7. The lowest BCUT2D eigenvalue weighted by Gasteiger charge is -2.10. The molecule has 3 N–H and O–H groups in total. The fourth-order valence-corrected chi connectivity index (χ4v) is 2.70. The van der Waals surface area contributed by atoms with Crippen molar-refractivity contribution in [2.24, 2.45) is 0 Å². The van der Waals surface area contributed by atoms with E-state index in [1.807, 2.05) is 54.6 Å². The van der Waals surface area contributed by atoms with Gasteiger partial charge in [0.05, 0.1) is 16.6 Å². The third kappa shape index (κ3) is 2.94. The highest BCUT2D eigenvalue weighted by Gasteiger charge is 2.15. The predicted octanol–water partition coefficient (Wildman–Crippen LogP) is 3.66. The van der Waals surface area contributed by atoms with Crippen LogP contribution in [0.1, 0.15) is 11.1 Å². The molecule has 126 valence electrons. The second-order valence-corrected chi connectivity index (χ2v) is 5.76. The number of H-pyrrole nitrogens is 1. The number of aromatic amines is 1. The summed E-state index contributed by atoms with van der Waals surface area (Å²) in [4.78, 5) is 12.0. The van der Waals surface area contributed by atoms with Crippen LogP contribution in [-0.4, -0.2) is 15.0 Å². The molecular formula is C20H15N5O. The van der Waals surface area contributed by atoms with Gasteiger partial charge < -0.3 is 15.5 Å². The molecule has 26 heavy (non-hydrogen) atoms. The Kier molecular flexibility index (Phi) is 3.96. The van der Waals surface area contributed by atoms with Gasteiger partial charge in [-0.15, -0.1) is 0 Å². The molecule has 4 rings (SSSR count). The highest BCUT2D eigenvalue weighted by atomic mass is 16.5. The monoisotopic (exact) mass is 341 g/mol. The number of hydrogen-bond acceptors (Lipinski definition) is 5. The van der Waals surface area contributed by atoms with Gasteiger partial charge in [-0.2, -0.15) is 10.2 Å². The van der Waals surface area contributed by atoms with Gasteiger partial charge in [-0.1, -0.05) is 42.5 Å². The Labute approximate surface area is 149 Å². The highest BCUT2D eigenvalue weighted by molar-refractivity contribution is 5.82. The summed E-state index contributed by atoms with van der Waals surface area (Å²) in [5.41, 5.74) is 9.69. The number of pyridine rings is 1. The molecule has 0 aliphatic carbocycles. The molecule has 2 aromatic heterocycles. The number of ether oxygens (including phenoxy) is 1. The van der Waals surface area contributed by atoms with Crippen LogP contribution >= 0.6 is 0 Å². The van der Waals surface area contributed by atoms with Crippen LogP contribution in [0.5, 0.6) is 5.88 Å². The van der Waals surface area contributed by atoms with Crippen molar-refractivity contribution in [1.82, 2.24) is 15.0 Å². The summed E-state index contributed by atoms with van der Waals surface area (Å²) in [6, 6.07) is 21.1. The Hall–Kier alpha value is -3.85. The van der Waals surface area contributed by atoms with Gasteiger partial charge in [-0.25, -0.2) is 4.98 Å². The molecule has 0 radical (unpaired) electrons. The van der Waals surface area contributed by atoms with Crippen molar-refractivity contribution in [3.05, 3.63) is 71.8 Å². The molecule has 0 saturated heterocycles. The molecule has 0 atom stereocenters. The number of nitrogens with one attached hydrogen (secondary N) is 1. The van der Waals surface area contributed by atoms with Gasteiger partial charge in [-0.05, 0) is 23.8 Å². The number of para-hydroxylation sites is 2. The van der Waals surface area contributed by atoms with E-state index in [9.17, 15) is 5.26 Å². The van der Waals surface area contributed by atoms with Gasteiger partial charge >= 0.3 is 0 Å². The minimum Gasteiger partial charge on any atom is -0.472 e. The second kappa shape index (κ2) is 6.57. The maximum atomic E-state index is 9.48. The minimum atomic E-state index is 0.216. The molecule has 0 aliphatic rings. The summed E-state index contributed by atoms with van der Waals surface area (Å²) in [5, 5.41) is 9.48. The number of nitrogen functional groups attached to an aromatic ring is 1. The van der Waals surface area contributed by atoms with E-state index in [4.69, 9.17) is 10.5 Å². The standard InChI is InChI=1S/C20H15N5O/c21-11-14-10-15(19-23-16-8-4-5-9-17(16)24-19)18(22)25-20(14)26-12-13-6-2-1-3-7-13/h1-10H,12H2,(H2,22,25)(H,23,24). The van der Waals surface area contributed by atoms with Crippen molar-refractivity contribution >= 4 is 16.9 Å². The van der Waals surface area contributed by atoms with Crippen molar-refractivity contribution in [2.45, 2.75) is 6.61 Å². The molecule has 6 heteroatoms. The van der Waals surface area contributed by atoms with Crippen LogP contribution in [0.25, 0.3) is 22.4 Å². The number of nitrogens with two attached hydrogens (primary N) is 1. The van der Waals surface area contributed by atoms with Gasteiger partial charge in [-0.3, -0.25) is 0 Å². The molecule has 0 aliphatic heterocycles. The van der Waals surface area contributed by atoms with Crippen LogP contribution in [0.4, 0.5) is 5.82 Å². The first-order valence-electron chi connectivity index (χ1n) is 8.07. The summed E-state index contributed by atoms with van der Waals surface area (Å²) >= 11 is 0. The summed E-state index contributed by atoms with van der Waals surface area (Å²) in [7, 11) is 0. The molecule has 0 unspecified atom stereocenters. The first-order valence-corrected chi connectivity index (χ1v) is 8.07. The number of nitriles is 1. The Morgan fingerprint density at radius 1 is 1.04 bits per heavy atom. The van der Waals surface area contributed by atoms with Gasteiger partial charge in [0, 0.05) is 0 Å². The van der Waals surface area contributed by atoms with Gasteiger partial charge in [0.25, 0.3) is 0 Å². The zero-order valence-electron chi connectivity index (χ0n) is 13.8. The van der Waals surface area contributed by atoms with E-state index in [0.29, 0.717) is 23.6 Å². The van der Waals surface area contributed by atoms with Gasteiger partial charge in [0.1, 0.15) is 29.9 Å². The number of rotatable bonds is 4. The summed E-state index contributed by atoms with van der Waals surface area (Å²) in [6.07, 6.45) is 0. The van der Waals surface area contributed by atoms with Crippen LogP contribution in [0, 0.1) is 11.3 Å². The first-order chi connectivity index (χ1) is 12.7. The predicted molar refractivity (Wildman–Crippen MR) is 99.2 cm³/mol. The zero-order valence-corrected chi connectivity index (χ0v) is 13.8. The lowest BCUT2D eigenvalue weighted by atomic mass is 10.2. The third-order valence-electron chi connectivity index (χ3n) is 4.00. The Balaban J connectivity index is 1.68. The number of benzene rings is 2. The molecule has 0 bridgehead atoms. The van der Waals surface area contributed by atoms with Crippen LogP contribution in [0.2, 0.25) is 0 Å². The molecule has 0 fully saturated rings. The minimum absolute atomic E-state index is 0.216. The smallest absolute Gasteiger partial charge is 0.234 e. The normalized spacial score (nSPS) is 10.6. The van der Waals surface area contributed by atoms with E-state index in [-0.39, 0.29) is 11.7 Å². The van der Waals surface area contributed by atoms with Gasteiger partial charge in [0.15, 0.2) is 0 Å². The summed E-state index contributed by atoms with van der Waals surface area (Å²) < 4.78 is 5.70. The van der Waals surface area contributed by atoms with Crippen LogP contribution in [0.3, 0.4) is 0 Å². The second-order valence-electron chi connectivity index (χ2n) is 5.76. The quantitative estimate of drug-likeness (QED) is 0.590. The average Bonchev–Trinajstić information content (AvgIpc) is 3.11. The zero-order chi connectivity index (χ0) is 17.9. The lowest BCUT2D eigenvalue weighted by Crippen LogP contribution is -2.03. The molecule has 2 aromatic carbocycles. The topological polar surface area (TPSA) is 101 Å². The van der Waals surface area contributed by atoms with Gasteiger partial charge in [0.2, 0.25) is 5.88 Å². The van der Waals surface area contributed by atoms with E-state index in [2.05, 4.69) is 21.0 Å². The van der Waals surface area contributed by atoms with Crippen molar-refractivity contribution in [3.8, 4) is 23.3 Å². The maximum absolute atomic E-state index is 9.48. The molecular weight excluding hydrogens is 326 g/mol. The molecule has 2 heterocycles. The lowest BCUT2D eigenvalue weighted by molar-refractivity contribution is 0.293. The third-order valence-corrected chi connectivity index (χ3v) is 4.00. The van der Waals surface area contributed by atoms with Crippen LogP contribution in [0.15, 0.2) is 60.7 Å². The largest absolute Gasteiger partial charge is 0.472 e. The van der Waals surface area contributed by atoms with E-state index >= 15 is 0 Å². The van der Waals surface area contributed by atoms with Crippen molar-refractivity contribution in [3.63, 3.8) is 0 Å². The van der Waals surface area contributed by atoms with Crippen molar-refractivity contribution in [1.29, 1.82) is 5.26 Å². The van der Waals surface area contributed by atoms with Crippen molar-refractivity contribution < 1.29 is 4.74 Å². The fourth-order valence-electron chi connectivity index (χ4n) is 2.70. The number of imidazole rings is 1. The number of anilines is 1. The number of hydrogen-bond donors (Lipinski definition) is 2. The fraction of sp³-hybridized carbons (Fsp3) is 0.0500. The highest BCUT2D eigenvalue weighted by Crippen LogP contribution is 2.29. The molecule has 4 aromatic rings. The van der Waals surface area contributed by atoms with E-state index < -0.39 is 0 Å². The Morgan fingerprint density at radius 3 is 2.58 bits per heavy atom. The average molecular weight is 341 g/mol. The van der Waals surface area contributed by atoms with E-state index in [1.165, 1.54) is 0 Å². The van der Waals surface area contributed by atoms with E-state index in [0.717, 1.165) is 16.6 Å². The molecule has 0 amide bonds. The molecule has 0 saturated carbocycles. The van der Waals surface area contributed by atoms with Crippen molar-refractivity contribution in [2.75, 3.05) is 5.73 Å². The summed E-state index contributed by atoms with van der Waals surface area (Å²) in [6.45, 7) is 0.311. The number of aromatic nitrogens is 3. The summed E-state index contributed by atoms with van der Waals surface area (Å²) in [5.74, 6) is 1.04. The van der Waals surface area contributed by atoms with Crippen LogP contribution in [-0.2, 0) is 6.61 Å². The number of fused-ring (bicyclic) bond motifs is 1. The van der Waals surface area contributed by atoms with Crippen LogP contribution < -0.4 is 10.5 Å². The van der Waals surface area contributed by atoms with E-state index in [1.54, 1.807) is 6.07 Å². The SMILES string of the molecule is N#Cc1cc(-c2nc3ccccc3[nH]2)c(N)nc1OCc1ccccc1. The Bertz CT molecular complexity index is 1080. The number of nitrogens with zero attached hydrogens (tertiary/aromatic N) is 3. The molecule has 6 nitrogen and oxygen atoms in total. The Morgan fingerprint density at radius 2 is 1.81 bits per heavy atom.